The third kappa shape index (κ3) is 2.93. The average molecular weight is 271 g/mol. The predicted molar refractivity (Wildman–Crippen MR) is 83.5 cm³/mol. The van der Waals surface area contributed by atoms with Crippen LogP contribution in [-0.4, -0.2) is 9.78 Å². The van der Waals surface area contributed by atoms with Crippen molar-refractivity contribution < 1.29 is 0 Å². The smallest absolute Gasteiger partial charge is 0.0557 e. The number of hydrogen-bond donors (Lipinski definition) is 1. The number of nitrogens with two attached hydrogens (primary N) is 1. The molecule has 0 radical (unpaired) electrons. The molecule has 0 bridgehead atoms. The van der Waals surface area contributed by atoms with Crippen LogP contribution < -0.4 is 5.73 Å². The highest BCUT2D eigenvalue weighted by Gasteiger charge is 2.27. The highest BCUT2D eigenvalue weighted by Crippen LogP contribution is 2.36. The van der Waals surface area contributed by atoms with Crippen molar-refractivity contribution in [1.82, 2.24) is 9.78 Å². The Labute approximate surface area is 121 Å². The monoisotopic (exact) mass is 271 g/mol. The largest absolute Gasteiger partial charge is 0.322 e. The van der Waals surface area contributed by atoms with Crippen LogP contribution in [0.3, 0.4) is 0 Å². The predicted octanol–water partition coefficient (Wildman–Crippen LogP) is 3.73. The minimum absolute atomic E-state index is 0.0187. The van der Waals surface area contributed by atoms with Crippen molar-refractivity contribution in [1.29, 1.82) is 0 Å². The van der Waals surface area contributed by atoms with Crippen LogP contribution in [-0.2, 0) is 6.54 Å². The molecule has 3 nitrogen and oxygen atoms in total. The molecule has 1 aromatic carbocycles. The van der Waals surface area contributed by atoms with E-state index < -0.39 is 0 Å². The Bertz CT molecular complexity index is 518. The van der Waals surface area contributed by atoms with E-state index in [0.717, 1.165) is 18.7 Å². The molecule has 108 valence electrons. The van der Waals surface area contributed by atoms with E-state index >= 15 is 0 Å². The van der Waals surface area contributed by atoms with Crippen molar-refractivity contribution in [3.8, 4) is 0 Å². The van der Waals surface area contributed by atoms with Gasteiger partial charge >= 0.3 is 0 Å². The summed E-state index contributed by atoms with van der Waals surface area (Å²) >= 11 is 0. The maximum atomic E-state index is 6.61. The lowest BCUT2D eigenvalue weighted by Crippen LogP contribution is -2.27. The van der Waals surface area contributed by atoms with Crippen LogP contribution in [0.25, 0.3) is 0 Å². The molecule has 2 rings (SSSR count). The minimum atomic E-state index is -0.0187. The van der Waals surface area contributed by atoms with Crippen LogP contribution >= 0.6 is 0 Å². The van der Waals surface area contributed by atoms with E-state index in [0.29, 0.717) is 11.8 Å². The summed E-state index contributed by atoms with van der Waals surface area (Å²) in [6.45, 7) is 7.47. The zero-order valence-electron chi connectivity index (χ0n) is 12.7. The summed E-state index contributed by atoms with van der Waals surface area (Å²) in [6, 6.07) is 12.6. The fraction of sp³-hybridized carbons (Fsp3) is 0.471. The summed E-state index contributed by atoms with van der Waals surface area (Å²) < 4.78 is 2.00. The molecule has 3 unspecified atom stereocenters. The quantitative estimate of drug-likeness (QED) is 0.870. The first kappa shape index (κ1) is 14.8. The molecule has 1 heterocycles. The second-order valence-corrected chi connectivity index (χ2v) is 5.42. The Morgan fingerprint density at radius 3 is 2.45 bits per heavy atom. The molecule has 3 atom stereocenters. The number of hydrogen-bond acceptors (Lipinski definition) is 2. The van der Waals surface area contributed by atoms with Crippen LogP contribution in [0.5, 0.6) is 0 Å². The van der Waals surface area contributed by atoms with E-state index in [1.165, 1.54) is 5.56 Å². The zero-order chi connectivity index (χ0) is 14.5. The summed E-state index contributed by atoms with van der Waals surface area (Å²) in [4.78, 5) is 0. The van der Waals surface area contributed by atoms with Gasteiger partial charge in [0.2, 0.25) is 0 Å². The SMILES string of the molecule is CCC(C)C(c1ccccc1)C(N)c1ccnn1CC. The van der Waals surface area contributed by atoms with Gasteiger partial charge in [0.15, 0.2) is 0 Å². The lowest BCUT2D eigenvalue weighted by molar-refractivity contribution is 0.372. The number of benzene rings is 1. The molecular weight excluding hydrogens is 246 g/mol. The molecule has 0 fully saturated rings. The molecule has 0 saturated carbocycles. The van der Waals surface area contributed by atoms with Crippen molar-refractivity contribution in [2.75, 3.05) is 0 Å². The van der Waals surface area contributed by atoms with E-state index in [2.05, 4.69) is 56.2 Å². The molecule has 0 aliphatic heterocycles. The molecule has 0 saturated heterocycles. The topological polar surface area (TPSA) is 43.8 Å². The van der Waals surface area contributed by atoms with Crippen LogP contribution in [0.2, 0.25) is 0 Å². The first-order valence-corrected chi connectivity index (χ1v) is 7.51. The van der Waals surface area contributed by atoms with Crippen LogP contribution in [0, 0.1) is 5.92 Å². The summed E-state index contributed by atoms with van der Waals surface area (Å²) in [6.07, 6.45) is 2.96. The standard InChI is InChI=1S/C17H25N3/c1-4-13(3)16(14-9-7-6-8-10-14)17(18)15-11-12-19-20(15)5-2/h6-13,16-17H,4-5,18H2,1-3H3. The maximum absolute atomic E-state index is 6.61. The van der Waals surface area contributed by atoms with Gasteiger partial charge in [-0.05, 0) is 24.5 Å². The van der Waals surface area contributed by atoms with Crippen molar-refractivity contribution in [2.24, 2.45) is 11.7 Å². The first-order valence-electron chi connectivity index (χ1n) is 7.51. The van der Waals surface area contributed by atoms with Gasteiger partial charge in [0.1, 0.15) is 0 Å². The minimum Gasteiger partial charge on any atom is -0.322 e. The highest BCUT2D eigenvalue weighted by molar-refractivity contribution is 5.25. The lowest BCUT2D eigenvalue weighted by atomic mass is 9.79. The second kappa shape index (κ2) is 6.71. The van der Waals surface area contributed by atoms with Gasteiger partial charge in [-0.3, -0.25) is 4.68 Å². The molecule has 3 heteroatoms. The molecule has 1 aromatic heterocycles. The lowest BCUT2D eigenvalue weighted by Gasteiger charge is -2.29. The van der Waals surface area contributed by atoms with E-state index in [1.54, 1.807) is 0 Å². The number of aryl methyl sites for hydroxylation is 1. The summed E-state index contributed by atoms with van der Waals surface area (Å²) in [5, 5.41) is 4.35. The van der Waals surface area contributed by atoms with E-state index in [1.807, 2.05) is 16.9 Å². The Hall–Kier alpha value is -1.61. The molecule has 20 heavy (non-hydrogen) atoms. The maximum Gasteiger partial charge on any atom is 0.0557 e. The molecule has 2 aromatic rings. The van der Waals surface area contributed by atoms with Crippen LogP contribution in [0.4, 0.5) is 0 Å². The van der Waals surface area contributed by atoms with Gasteiger partial charge in [-0.15, -0.1) is 0 Å². The van der Waals surface area contributed by atoms with Gasteiger partial charge in [-0.1, -0.05) is 50.6 Å². The van der Waals surface area contributed by atoms with Crippen molar-refractivity contribution >= 4 is 0 Å². The third-order valence-corrected chi connectivity index (χ3v) is 4.22. The zero-order valence-corrected chi connectivity index (χ0v) is 12.7. The molecule has 0 amide bonds. The fourth-order valence-electron chi connectivity index (χ4n) is 2.89. The van der Waals surface area contributed by atoms with Crippen LogP contribution in [0.1, 0.15) is 50.4 Å². The summed E-state index contributed by atoms with van der Waals surface area (Å²) in [7, 11) is 0. The summed E-state index contributed by atoms with van der Waals surface area (Å²) in [5.74, 6) is 0.857. The van der Waals surface area contributed by atoms with Crippen molar-refractivity contribution in [3.05, 3.63) is 53.9 Å². The van der Waals surface area contributed by atoms with E-state index in [-0.39, 0.29) is 6.04 Å². The summed E-state index contributed by atoms with van der Waals surface area (Å²) in [5.41, 5.74) is 9.05. The number of aromatic nitrogens is 2. The second-order valence-electron chi connectivity index (χ2n) is 5.42. The van der Waals surface area contributed by atoms with Gasteiger partial charge in [0, 0.05) is 18.7 Å². The normalized spacial score (nSPS) is 15.8. The van der Waals surface area contributed by atoms with Crippen molar-refractivity contribution in [3.63, 3.8) is 0 Å². The van der Waals surface area contributed by atoms with Gasteiger partial charge in [-0.2, -0.15) is 5.10 Å². The van der Waals surface area contributed by atoms with Gasteiger partial charge < -0.3 is 5.73 Å². The average Bonchev–Trinajstić information content (AvgIpc) is 2.96. The molecule has 0 aliphatic rings. The number of nitrogens with zero attached hydrogens (tertiary/aromatic N) is 2. The van der Waals surface area contributed by atoms with Gasteiger partial charge in [0.25, 0.3) is 0 Å². The highest BCUT2D eigenvalue weighted by atomic mass is 15.3. The Kier molecular flexibility index (Phi) is 4.96. The molecule has 2 N–H and O–H groups in total. The first-order chi connectivity index (χ1) is 9.69. The fourth-order valence-corrected chi connectivity index (χ4v) is 2.89. The molecule has 0 spiro atoms. The number of rotatable bonds is 6. The van der Waals surface area contributed by atoms with Gasteiger partial charge in [0.05, 0.1) is 11.7 Å². The Morgan fingerprint density at radius 2 is 1.85 bits per heavy atom. The Balaban J connectivity index is 2.37. The van der Waals surface area contributed by atoms with Gasteiger partial charge in [-0.25, -0.2) is 0 Å². The Morgan fingerprint density at radius 1 is 1.15 bits per heavy atom. The molecule has 0 aliphatic carbocycles. The van der Waals surface area contributed by atoms with Crippen molar-refractivity contribution in [2.45, 2.75) is 45.7 Å². The van der Waals surface area contributed by atoms with Crippen LogP contribution in [0.15, 0.2) is 42.6 Å². The molecular formula is C17H25N3. The third-order valence-electron chi connectivity index (χ3n) is 4.22. The van der Waals surface area contributed by atoms with E-state index in [4.69, 9.17) is 5.73 Å². The van der Waals surface area contributed by atoms with E-state index in [9.17, 15) is 0 Å².